The van der Waals surface area contributed by atoms with Crippen molar-refractivity contribution in [1.82, 2.24) is 10.3 Å². The largest absolute Gasteiger partial charge is 0.310 e. The van der Waals surface area contributed by atoms with Crippen molar-refractivity contribution in [2.24, 2.45) is 5.92 Å². The number of hydrogen-bond acceptors (Lipinski definition) is 2. The molecule has 1 N–H and O–H groups in total. The third-order valence-corrected chi connectivity index (χ3v) is 3.77. The van der Waals surface area contributed by atoms with Crippen LogP contribution in [-0.2, 0) is 6.54 Å². The van der Waals surface area contributed by atoms with E-state index in [2.05, 4.69) is 29.4 Å². The minimum absolute atomic E-state index is 0.732. The molecule has 0 amide bonds. The van der Waals surface area contributed by atoms with Gasteiger partial charge in [0.1, 0.15) is 0 Å². The van der Waals surface area contributed by atoms with Gasteiger partial charge >= 0.3 is 0 Å². The topological polar surface area (TPSA) is 24.9 Å². The molecule has 1 aromatic heterocycles. The Labute approximate surface area is 98.5 Å². The Morgan fingerprint density at radius 2 is 1.88 bits per heavy atom. The van der Waals surface area contributed by atoms with Crippen LogP contribution in [0.5, 0.6) is 0 Å². The Bertz CT molecular complexity index is 289. The summed E-state index contributed by atoms with van der Waals surface area (Å²) in [6.45, 7) is 3.30. The van der Waals surface area contributed by atoms with E-state index in [0.717, 1.165) is 18.5 Å². The molecule has 1 aliphatic rings. The van der Waals surface area contributed by atoms with Crippen LogP contribution in [0.1, 0.15) is 44.6 Å². The van der Waals surface area contributed by atoms with Crippen LogP contribution in [0.25, 0.3) is 0 Å². The summed E-state index contributed by atoms with van der Waals surface area (Å²) in [7, 11) is 0. The third kappa shape index (κ3) is 3.31. The van der Waals surface area contributed by atoms with Crippen LogP contribution >= 0.6 is 0 Å². The highest BCUT2D eigenvalue weighted by molar-refractivity contribution is 5.09. The lowest BCUT2D eigenvalue weighted by atomic mass is 9.84. The van der Waals surface area contributed by atoms with Gasteiger partial charge in [0, 0.05) is 25.0 Å². The van der Waals surface area contributed by atoms with E-state index in [1.807, 2.05) is 12.4 Å². The van der Waals surface area contributed by atoms with Gasteiger partial charge in [-0.3, -0.25) is 4.98 Å². The van der Waals surface area contributed by atoms with Gasteiger partial charge in [-0.05, 0) is 49.3 Å². The highest BCUT2D eigenvalue weighted by Crippen LogP contribution is 2.26. The van der Waals surface area contributed by atoms with Crippen molar-refractivity contribution in [3.05, 3.63) is 30.1 Å². The average molecular weight is 218 g/mol. The van der Waals surface area contributed by atoms with Crippen LogP contribution in [0.4, 0.5) is 0 Å². The lowest BCUT2D eigenvalue weighted by molar-refractivity contribution is 0.285. The van der Waals surface area contributed by atoms with E-state index in [4.69, 9.17) is 0 Å². The number of nitrogens with one attached hydrogen (secondary N) is 1. The molecular weight excluding hydrogens is 196 g/mol. The second kappa shape index (κ2) is 6.00. The minimum Gasteiger partial charge on any atom is -0.310 e. The number of pyridine rings is 1. The van der Waals surface area contributed by atoms with Gasteiger partial charge in [-0.2, -0.15) is 0 Å². The van der Waals surface area contributed by atoms with E-state index < -0.39 is 0 Å². The molecule has 2 heteroatoms. The number of nitrogens with zero attached hydrogens (tertiary/aromatic N) is 1. The molecule has 16 heavy (non-hydrogen) atoms. The fourth-order valence-electron chi connectivity index (χ4n) is 2.54. The summed E-state index contributed by atoms with van der Waals surface area (Å²) >= 11 is 0. The molecule has 2 rings (SSSR count). The molecule has 1 heterocycles. The van der Waals surface area contributed by atoms with Gasteiger partial charge < -0.3 is 5.32 Å². The molecule has 2 nitrogen and oxygen atoms in total. The van der Waals surface area contributed by atoms with E-state index in [1.54, 1.807) is 0 Å². The van der Waals surface area contributed by atoms with Gasteiger partial charge in [0.15, 0.2) is 0 Å². The molecule has 0 spiro atoms. The summed E-state index contributed by atoms with van der Waals surface area (Å²) in [6, 6.07) is 4.91. The maximum absolute atomic E-state index is 4.03. The lowest BCUT2D eigenvalue weighted by Crippen LogP contribution is -2.32. The molecule has 1 aliphatic carbocycles. The molecule has 0 aromatic carbocycles. The fourth-order valence-corrected chi connectivity index (χ4v) is 2.54. The first kappa shape index (κ1) is 11.6. The van der Waals surface area contributed by atoms with Crippen molar-refractivity contribution in [2.45, 2.75) is 51.6 Å². The summed E-state index contributed by atoms with van der Waals surface area (Å²) in [4.78, 5) is 4.03. The quantitative estimate of drug-likeness (QED) is 0.839. The molecule has 1 aromatic rings. The zero-order chi connectivity index (χ0) is 11.2. The molecule has 0 aliphatic heterocycles. The maximum Gasteiger partial charge on any atom is 0.0271 e. The zero-order valence-corrected chi connectivity index (χ0v) is 10.2. The van der Waals surface area contributed by atoms with Gasteiger partial charge in [0.25, 0.3) is 0 Å². The van der Waals surface area contributed by atoms with Crippen LogP contribution in [0.3, 0.4) is 0 Å². The smallest absolute Gasteiger partial charge is 0.0271 e. The predicted molar refractivity (Wildman–Crippen MR) is 67.1 cm³/mol. The van der Waals surface area contributed by atoms with Crippen molar-refractivity contribution in [2.75, 3.05) is 0 Å². The molecule has 88 valence electrons. The SMILES string of the molecule is CCC1CCC(NCc2ccncc2)CC1. The third-order valence-electron chi connectivity index (χ3n) is 3.77. The minimum atomic E-state index is 0.732. The van der Waals surface area contributed by atoms with E-state index in [1.165, 1.54) is 37.7 Å². The average Bonchev–Trinajstić information content (AvgIpc) is 2.38. The molecule has 1 fully saturated rings. The predicted octanol–water partition coefficient (Wildman–Crippen LogP) is 3.14. The second-order valence-electron chi connectivity index (χ2n) is 4.86. The zero-order valence-electron chi connectivity index (χ0n) is 10.2. The Morgan fingerprint density at radius 1 is 1.19 bits per heavy atom. The van der Waals surface area contributed by atoms with Gasteiger partial charge in [0.05, 0.1) is 0 Å². The first-order chi connectivity index (χ1) is 7.88. The Balaban J connectivity index is 1.72. The van der Waals surface area contributed by atoms with E-state index >= 15 is 0 Å². The summed E-state index contributed by atoms with van der Waals surface area (Å²) in [6.07, 6.45) is 10.6. The molecule has 1 saturated carbocycles. The Kier molecular flexibility index (Phi) is 4.34. The highest BCUT2D eigenvalue weighted by atomic mass is 14.9. The van der Waals surface area contributed by atoms with Crippen molar-refractivity contribution in [3.63, 3.8) is 0 Å². The van der Waals surface area contributed by atoms with Crippen molar-refractivity contribution >= 4 is 0 Å². The molecular formula is C14H22N2. The van der Waals surface area contributed by atoms with Gasteiger partial charge in [-0.1, -0.05) is 13.3 Å². The highest BCUT2D eigenvalue weighted by Gasteiger charge is 2.19. The number of rotatable bonds is 4. The van der Waals surface area contributed by atoms with Crippen LogP contribution in [0.15, 0.2) is 24.5 Å². The first-order valence-corrected chi connectivity index (χ1v) is 6.50. The maximum atomic E-state index is 4.03. The first-order valence-electron chi connectivity index (χ1n) is 6.50. The van der Waals surface area contributed by atoms with Crippen LogP contribution < -0.4 is 5.32 Å². The Morgan fingerprint density at radius 3 is 2.50 bits per heavy atom. The van der Waals surface area contributed by atoms with Crippen LogP contribution in [0, 0.1) is 5.92 Å². The lowest BCUT2D eigenvalue weighted by Gasteiger charge is -2.28. The summed E-state index contributed by atoms with van der Waals surface area (Å²) in [5, 5.41) is 3.65. The van der Waals surface area contributed by atoms with Crippen LogP contribution in [-0.4, -0.2) is 11.0 Å². The summed E-state index contributed by atoms with van der Waals surface area (Å²) < 4.78 is 0. The van der Waals surface area contributed by atoms with E-state index in [9.17, 15) is 0 Å². The molecule has 0 bridgehead atoms. The molecule has 0 atom stereocenters. The summed E-state index contributed by atoms with van der Waals surface area (Å²) in [5.74, 6) is 0.985. The van der Waals surface area contributed by atoms with Crippen molar-refractivity contribution in [1.29, 1.82) is 0 Å². The van der Waals surface area contributed by atoms with Gasteiger partial charge in [-0.25, -0.2) is 0 Å². The van der Waals surface area contributed by atoms with Crippen molar-refractivity contribution in [3.8, 4) is 0 Å². The van der Waals surface area contributed by atoms with Crippen molar-refractivity contribution < 1.29 is 0 Å². The van der Waals surface area contributed by atoms with Gasteiger partial charge in [-0.15, -0.1) is 0 Å². The Hall–Kier alpha value is -0.890. The summed E-state index contributed by atoms with van der Waals surface area (Å²) in [5.41, 5.74) is 1.34. The van der Waals surface area contributed by atoms with Gasteiger partial charge in [0.2, 0.25) is 0 Å². The number of aromatic nitrogens is 1. The molecule has 0 unspecified atom stereocenters. The number of hydrogen-bond donors (Lipinski definition) is 1. The van der Waals surface area contributed by atoms with E-state index in [0.29, 0.717) is 0 Å². The monoisotopic (exact) mass is 218 g/mol. The normalized spacial score (nSPS) is 25.6. The molecule has 0 radical (unpaired) electrons. The van der Waals surface area contributed by atoms with E-state index in [-0.39, 0.29) is 0 Å². The standard InChI is InChI=1S/C14H22N2/c1-2-12-3-5-14(6-4-12)16-11-13-7-9-15-10-8-13/h7-10,12,14,16H,2-6,11H2,1H3. The molecule has 0 saturated heterocycles. The second-order valence-corrected chi connectivity index (χ2v) is 4.86. The fraction of sp³-hybridized carbons (Fsp3) is 0.643. The van der Waals surface area contributed by atoms with Crippen LogP contribution in [0.2, 0.25) is 0 Å².